The topological polar surface area (TPSA) is 41.1 Å². The number of hydrogen-bond acceptors (Lipinski definition) is 3. The van der Waals surface area contributed by atoms with Crippen LogP contribution in [-0.4, -0.2) is 40.2 Å². The summed E-state index contributed by atoms with van der Waals surface area (Å²) < 4.78 is 46.5. The lowest BCUT2D eigenvalue weighted by molar-refractivity contribution is 0.00863. The molecular weight excluding hydrogens is 367 g/mol. The zero-order valence-electron chi connectivity index (χ0n) is 15.8. The SMILES string of the molecule is Cc1cc2nc(CO[C@H]3CN(Cc4ccc(F)c(F)c4)C[C@H]3F)[nH]c2cc1C. The highest BCUT2D eigenvalue weighted by Crippen LogP contribution is 2.22. The number of nitrogens with zero attached hydrogens (tertiary/aromatic N) is 2. The highest BCUT2D eigenvalue weighted by atomic mass is 19.2. The molecule has 2 atom stereocenters. The first-order valence-corrected chi connectivity index (χ1v) is 9.27. The standard InChI is InChI=1S/C21H22F3N3O/c1-12-5-18-19(6-13(12)2)26-21(25-18)11-28-20-10-27(9-17(20)24)8-14-3-4-15(22)16(23)7-14/h3-7,17,20H,8-11H2,1-2H3,(H,25,26)/t17-,20+/m1/s1. The van der Waals surface area contributed by atoms with Crippen molar-refractivity contribution in [1.82, 2.24) is 14.9 Å². The molecular formula is C21H22F3N3O. The number of benzene rings is 2. The molecule has 0 radical (unpaired) electrons. The van der Waals surface area contributed by atoms with Crippen LogP contribution in [0.1, 0.15) is 22.5 Å². The smallest absolute Gasteiger partial charge is 0.159 e. The number of halogens is 3. The van der Waals surface area contributed by atoms with Crippen molar-refractivity contribution in [2.75, 3.05) is 13.1 Å². The van der Waals surface area contributed by atoms with Gasteiger partial charge < -0.3 is 9.72 Å². The lowest BCUT2D eigenvalue weighted by Crippen LogP contribution is -2.24. The third-order valence-electron chi connectivity index (χ3n) is 5.24. The minimum atomic E-state index is -1.14. The van der Waals surface area contributed by atoms with Crippen LogP contribution in [0.25, 0.3) is 11.0 Å². The molecule has 1 saturated heterocycles. The number of alkyl halides is 1. The molecule has 3 aromatic rings. The molecule has 2 aromatic carbocycles. The van der Waals surface area contributed by atoms with Crippen LogP contribution in [0.15, 0.2) is 30.3 Å². The maximum Gasteiger partial charge on any atom is 0.159 e. The number of aromatic nitrogens is 2. The van der Waals surface area contributed by atoms with E-state index in [1.54, 1.807) is 0 Å². The second-order valence-electron chi connectivity index (χ2n) is 7.45. The Morgan fingerprint density at radius 1 is 1.11 bits per heavy atom. The summed E-state index contributed by atoms with van der Waals surface area (Å²) in [7, 11) is 0. The first kappa shape index (κ1) is 19.0. The minimum absolute atomic E-state index is 0.191. The van der Waals surface area contributed by atoms with Gasteiger partial charge in [0.2, 0.25) is 0 Å². The van der Waals surface area contributed by atoms with E-state index < -0.39 is 23.9 Å². The van der Waals surface area contributed by atoms with Gasteiger partial charge in [-0.1, -0.05) is 6.07 Å². The molecule has 0 unspecified atom stereocenters. The maximum atomic E-state index is 14.4. The van der Waals surface area contributed by atoms with E-state index in [-0.39, 0.29) is 13.2 Å². The van der Waals surface area contributed by atoms with Crippen molar-refractivity contribution < 1.29 is 17.9 Å². The number of imidazole rings is 1. The van der Waals surface area contributed by atoms with Gasteiger partial charge in [0.25, 0.3) is 0 Å². The van der Waals surface area contributed by atoms with Gasteiger partial charge in [0, 0.05) is 19.6 Å². The quantitative estimate of drug-likeness (QED) is 0.711. The molecule has 4 rings (SSSR count). The van der Waals surface area contributed by atoms with Gasteiger partial charge in [-0.05, 0) is 54.8 Å². The summed E-state index contributed by atoms with van der Waals surface area (Å²) in [5.41, 5.74) is 4.75. The average molecular weight is 389 g/mol. The summed E-state index contributed by atoms with van der Waals surface area (Å²) in [4.78, 5) is 9.57. The predicted octanol–water partition coefficient (Wildman–Crippen LogP) is 4.20. The van der Waals surface area contributed by atoms with Crippen molar-refractivity contribution in [3.8, 4) is 0 Å². The lowest BCUT2D eigenvalue weighted by Gasteiger charge is -2.15. The van der Waals surface area contributed by atoms with Crippen LogP contribution in [0.3, 0.4) is 0 Å². The molecule has 0 amide bonds. The molecule has 1 fully saturated rings. The van der Waals surface area contributed by atoms with Gasteiger partial charge in [0.1, 0.15) is 24.7 Å². The Bertz CT molecular complexity index is 965. The molecule has 0 aliphatic carbocycles. The van der Waals surface area contributed by atoms with Crippen molar-refractivity contribution in [2.45, 2.75) is 39.3 Å². The van der Waals surface area contributed by atoms with Crippen LogP contribution >= 0.6 is 0 Å². The number of hydrogen-bond donors (Lipinski definition) is 1. The Balaban J connectivity index is 1.37. The zero-order chi connectivity index (χ0) is 19.8. The van der Waals surface area contributed by atoms with Gasteiger partial charge in [-0.3, -0.25) is 4.90 Å². The van der Waals surface area contributed by atoms with Crippen molar-refractivity contribution in [1.29, 1.82) is 0 Å². The largest absolute Gasteiger partial charge is 0.366 e. The molecule has 4 nitrogen and oxygen atoms in total. The van der Waals surface area contributed by atoms with E-state index in [2.05, 4.69) is 9.97 Å². The molecule has 28 heavy (non-hydrogen) atoms. The number of nitrogens with one attached hydrogen (secondary N) is 1. The molecule has 0 spiro atoms. The molecule has 0 bridgehead atoms. The summed E-state index contributed by atoms with van der Waals surface area (Å²) in [6.45, 7) is 5.20. The summed E-state index contributed by atoms with van der Waals surface area (Å²) in [5, 5.41) is 0. The summed E-state index contributed by atoms with van der Waals surface area (Å²) >= 11 is 0. The van der Waals surface area contributed by atoms with E-state index in [9.17, 15) is 13.2 Å². The first-order valence-electron chi connectivity index (χ1n) is 9.27. The van der Waals surface area contributed by atoms with Crippen molar-refractivity contribution >= 4 is 11.0 Å². The van der Waals surface area contributed by atoms with Gasteiger partial charge in [0.05, 0.1) is 11.0 Å². The number of H-pyrrole nitrogens is 1. The third-order valence-corrected chi connectivity index (χ3v) is 5.24. The Hall–Kier alpha value is -2.38. The lowest BCUT2D eigenvalue weighted by atomic mass is 10.1. The van der Waals surface area contributed by atoms with Crippen LogP contribution in [0.4, 0.5) is 13.2 Å². The molecule has 1 aliphatic rings. The van der Waals surface area contributed by atoms with E-state index in [4.69, 9.17) is 4.74 Å². The summed E-state index contributed by atoms with van der Waals surface area (Å²) in [6.07, 6.45) is -1.72. The third kappa shape index (κ3) is 3.91. The fourth-order valence-electron chi connectivity index (χ4n) is 3.57. The van der Waals surface area contributed by atoms with Crippen LogP contribution in [0.2, 0.25) is 0 Å². The second kappa shape index (κ2) is 7.56. The monoisotopic (exact) mass is 389 g/mol. The van der Waals surface area contributed by atoms with Crippen LogP contribution in [0.5, 0.6) is 0 Å². The van der Waals surface area contributed by atoms with E-state index in [1.807, 2.05) is 30.9 Å². The molecule has 148 valence electrons. The molecule has 0 saturated carbocycles. The van der Waals surface area contributed by atoms with Gasteiger partial charge in [-0.2, -0.15) is 0 Å². The summed E-state index contributed by atoms with van der Waals surface area (Å²) in [6, 6.07) is 7.81. The first-order chi connectivity index (χ1) is 13.4. The van der Waals surface area contributed by atoms with Gasteiger partial charge in [-0.25, -0.2) is 18.2 Å². The van der Waals surface area contributed by atoms with E-state index in [0.717, 1.165) is 23.2 Å². The van der Waals surface area contributed by atoms with E-state index in [1.165, 1.54) is 17.2 Å². The Labute approximate surface area is 161 Å². The maximum absolute atomic E-state index is 14.4. The number of rotatable bonds is 5. The van der Waals surface area contributed by atoms with Gasteiger partial charge in [-0.15, -0.1) is 0 Å². The second-order valence-corrected chi connectivity index (χ2v) is 7.45. The molecule has 1 aliphatic heterocycles. The summed E-state index contributed by atoms with van der Waals surface area (Å²) in [5.74, 6) is -1.12. The number of likely N-dealkylation sites (tertiary alicyclic amines) is 1. The fourth-order valence-corrected chi connectivity index (χ4v) is 3.57. The average Bonchev–Trinajstić information content (AvgIpc) is 3.19. The number of aromatic amines is 1. The Morgan fingerprint density at radius 3 is 2.68 bits per heavy atom. The van der Waals surface area contributed by atoms with Crippen LogP contribution in [0, 0.1) is 25.5 Å². The Morgan fingerprint density at radius 2 is 1.89 bits per heavy atom. The van der Waals surface area contributed by atoms with Crippen molar-refractivity contribution in [3.05, 3.63) is 64.5 Å². The highest BCUT2D eigenvalue weighted by Gasteiger charge is 2.33. The minimum Gasteiger partial charge on any atom is -0.366 e. The normalized spacial score (nSPS) is 20.3. The van der Waals surface area contributed by atoms with Crippen LogP contribution in [-0.2, 0) is 17.9 Å². The fraction of sp³-hybridized carbons (Fsp3) is 0.381. The number of fused-ring (bicyclic) bond motifs is 1. The van der Waals surface area contributed by atoms with Gasteiger partial charge in [0.15, 0.2) is 11.6 Å². The predicted molar refractivity (Wildman–Crippen MR) is 101 cm³/mol. The zero-order valence-corrected chi connectivity index (χ0v) is 15.8. The molecule has 1 N–H and O–H groups in total. The van der Waals surface area contributed by atoms with Crippen molar-refractivity contribution in [2.24, 2.45) is 0 Å². The molecule has 2 heterocycles. The van der Waals surface area contributed by atoms with Crippen molar-refractivity contribution in [3.63, 3.8) is 0 Å². The van der Waals surface area contributed by atoms with E-state index in [0.29, 0.717) is 24.5 Å². The van der Waals surface area contributed by atoms with E-state index >= 15 is 0 Å². The molecule has 1 aromatic heterocycles. The van der Waals surface area contributed by atoms with Crippen LogP contribution < -0.4 is 0 Å². The number of aryl methyl sites for hydroxylation is 2. The van der Waals surface area contributed by atoms with Gasteiger partial charge >= 0.3 is 0 Å². The number of ether oxygens (including phenoxy) is 1. The Kier molecular flexibility index (Phi) is 5.12. The molecule has 7 heteroatoms. The highest BCUT2D eigenvalue weighted by molar-refractivity contribution is 5.77.